The molecule has 0 saturated carbocycles. The Morgan fingerprint density at radius 3 is 2.94 bits per heavy atom. The third-order valence-electron chi connectivity index (χ3n) is 2.14. The fourth-order valence-electron chi connectivity index (χ4n) is 1.44. The first-order valence-corrected chi connectivity index (χ1v) is 5.01. The predicted molar refractivity (Wildman–Crippen MR) is 64.9 cm³/mol. The Morgan fingerprint density at radius 2 is 2.24 bits per heavy atom. The molecule has 0 amide bonds. The van der Waals surface area contributed by atoms with E-state index in [9.17, 15) is 4.79 Å². The summed E-state index contributed by atoms with van der Waals surface area (Å²) in [6.07, 6.45) is 0. The van der Waals surface area contributed by atoms with Gasteiger partial charge in [-0.2, -0.15) is 4.98 Å². The molecule has 0 aliphatic heterocycles. The van der Waals surface area contributed by atoms with Crippen LogP contribution in [0.3, 0.4) is 0 Å². The largest absolute Gasteiger partial charge is 0.392 e. The normalized spacial score (nSPS) is 10.2. The van der Waals surface area contributed by atoms with Crippen LogP contribution in [0.1, 0.15) is 5.56 Å². The van der Waals surface area contributed by atoms with Crippen molar-refractivity contribution in [2.24, 2.45) is 0 Å². The van der Waals surface area contributed by atoms with E-state index in [-0.39, 0.29) is 18.1 Å². The molecule has 0 saturated heterocycles. The van der Waals surface area contributed by atoms with Gasteiger partial charge in [0.05, 0.1) is 6.61 Å². The standard InChI is InChI=1S/C11H12N4O2/c12-11-14-9(5-10(17)15-11)13-8-3-1-2-7(4-8)6-16/h1-5,16H,6H2,(H4,12,13,14,15,17). The summed E-state index contributed by atoms with van der Waals surface area (Å²) in [4.78, 5) is 17.5. The second-order valence-corrected chi connectivity index (χ2v) is 3.50. The van der Waals surface area contributed by atoms with Crippen molar-refractivity contribution in [2.75, 3.05) is 11.1 Å². The zero-order chi connectivity index (χ0) is 12.3. The first-order valence-electron chi connectivity index (χ1n) is 5.01. The fourth-order valence-corrected chi connectivity index (χ4v) is 1.44. The SMILES string of the molecule is Nc1nc(Nc2cccc(CO)c2)cc(=O)[nH]1. The first kappa shape index (κ1) is 11.2. The van der Waals surface area contributed by atoms with Crippen LogP contribution < -0.4 is 16.6 Å². The summed E-state index contributed by atoms with van der Waals surface area (Å²) in [6, 6.07) is 8.47. The van der Waals surface area contributed by atoms with Gasteiger partial charge in [0.25, 0.3) is 5.56 Å². The molecule has 0 fully saturated rings. The van der Waals surface area contributed by atoms with Crippen molar-refractivity contribution < 1.29 is 5.11 Å². The Balaban J connectivity index is 2.27. The molecule has 6 heteroatoms. The van der Waals surface area contributed by atoms with Gasteiger partial charge in [0.1, 0.15) is 5.82 Å². The van der Waals surface area contributed by atoms with Crippen LogP contribution in [-0.4, -0.2) is 15.1 Å². The van der Waals surface area contributed by atoms with Gasteiger partial charge in [-0.05, 0) is 17.7 Å². The molecule has 1 aromatic heterocycles. The van der Waals surface area contributed by atoms with Gasteiger partial charge in [-0.3, -0.25) is 9.78 Å². The smallest absolute Gasteiger partial charge is 0.254 e. The maximum absolute atomic E-state index is 11.2. The van der Waals surface area contributed by atoms with Crippen molar-refractivity contribution in [3.63, 3.8) is 0 Å². The lowest BCUT2D eigenvalue weighted by molar-refractivity contribution is 0.282. The molecule has 17 heavy (non-hydrogen) atoms. The Bertz CT molecular complexity index is 580. The highest BCUT2D eigenvalue weighted by Gasteiger charge is 2.00. The second-order valence-electron chi connectivity index (χ2n) is 3.50. The van der Waals surface area contributed by atoms with Crippen LogP contribution >= 0.6 is 0 Å². The number of nitrogens with two attached hydrogens (primary N) is 1. The number of H-pyrrole nitrogens is 1. The maximum Gasteiger partial charge on any atom is 0.254 e. The lowest BCUT2D eigenvalue weighted by atomic mass is 10.2. The molecule has 0 unspecified atom stereocenters. The minimum absolute atomic E-state index is 0.0412. The van der Waals surface area contributed by atoms with Gasteiger partial charge >= 0.3 is 0 Å². The Labute approximate surface area is 97.1 Å². The quantitative estimate of drug-likeness (QED) is 0.620. The topological polar surface area (TPSA) is 104 Å². The molecule has 0 aliphatic carbocycles. The van der Waals surface area contributed by atoms with Crippen LogP contribution in [-0.2, 0) is 6.61 Å². The number of rotatable bonds is 3. The molecule has 0 bridgehead atoms. The number of aromatic amines is 1. The van der Waals surface area contributed by atoms with Crippen LogP contribution in [0.2, 0.25) is 0 Å². The lowest BCUT2D eigenvalue weighted by Crippen LogP contribution is -2.11. The second kappa shape index (κ2) is 4.67. The molecule has 5 N–H and O–H groups in total. The summed E-state index contributed by atoms with van der Waals surface area (Å²) >= 11 is 0. The van der Waals surface area contributed by atoms with E-state index < -0.39 is 0 Å². The zero-order valence-corrected chi connectivity index (χ0v) is 8.97. The summed E-state index contributed by atoms with van der Waals surface area (Å²) in [5, 5.41) is 11.9. The van der Waals surface area contributed by atoms with Crippen molar-refractivity contribution in [1.29, 1.82) is 0 Å². The molecule has 0 radical (unpaired) electrons. The number of anilines is 3. The van der Waals surface area contributed by atoms with Crippen LogP contribution in [0.15, 0.2) is 35.1 Å². The van der Waals surface area contributed by atoms with Crippen LogP contribution in [0, 0.1) is 0 Å². The van der Waals surface area contributed by atoms with Crippen molar-refractivity contribution >= 4 is 17.5 Å². The van der Waals surface area contributed by atoms with Gasteiger partial charge in [0.15, 0.2) is 0 Å². The number of nitrogens with zero attached hydrogens (tertiary/aromatic N) is 1. The molecule has 2 aromatic rings. The number of benzene rings is 1. The molecule has 1 aromatic carbocycles. The number of nitrogens with one attached hydrogen (secondary N) is 2. The third-order valence-corrected chi connectivity index (χ3v) is 2.14. The van der Waals surface area contributed by atoms with Crippen molar-refractivity contribution in [3.05, 3.63) is 46.2 Å². The first-order chi connectivity index (χ1) is 8.17. The number of aliphatic hydroxyl groups is 1. The highest BCUT2D eigenvalue weighted by Crippen LogP contribution is 2.15. The highest BCUT2D eigenvalue weighted by molar-refractivity contribution is 5.57. The van der Waals surface area contributed by atoms with Crippen molar-refractivity contribution in [3.8, 4) is 0 Å². The van der Waals surface area contributed by atoms with E-state index in [0.717, 1.165) is 11.3 Å². The summed E-state index contributed by atoms with van der Waals surface area (Å²) < 4.78 is 0. The molecular formula is C11H12N4O2. The van der Waals surface area contributed by atoms with Gasteiger partial charge in [0, 0.05) is 11.8 Å². The molecule has 0 atom stereocenters. The lowest BCUT2D eigenvalue weighted by Gasteiger charge is -2.06. The van der Waals surface area contributed by atoms with E-state index in [1.165, 1.54) is 6.07 Å². The molecule has 0 aliphatic rings. The minimum atomic E-state index is -0.321. The molecule has 88 valence electrons. The number of aromatic nitrogens is 2. The van der Waals surface area contributed by atoms with Gasteiger partial charge < -0.3 is 16.2 Å². The van der Waals surface area contributed by atoms with E-state index in [1.807, 2.05) is 0 Å². The Hall–Kier alpha value is -2.34. The van der Waals surface area contributed by atoms with E-state index in [0.29, 0.717) is 5.82 Å². The molecule has 2 rings (SSSR count). The van der Waals surface area contributed by atoms with Crippen molar-refractivity contribution in [2.45, 2.75) is 6.61 Å². The summed E-state index contributed by atoms with van der Waals surface area (Å²) in [5.74, 6) is 0.416. The van der Waals surface area contributed by atoms with E-state index in [1.54, 1.807) is 24.3 Å². The fraction of sp³-hybridized carbons (Fsp3) is 0.0909. The van der Waals surface area contributed by atoms with Gasteiger partial charge in [0.2, 0.25) is 5.95 Å². The van der Waals surface area contributed by atoms with E-state index in [2.05, 4.69) is 15.3 Å². The van der Waals surface area contributed by atoms with Crippen LogP contribution in [0.5, 0.6) is 0 Å². The Morgan fingerprint density at radius 1 is 1.41 bits per heavy atom. The number of hydrogen-bond acceptors (Lipinski definition) is 5. The van der Waals surface area contributed by atoms with Gasteiger partial charge in [-0.1, -0.05) is 12.1 Å². The predicted octanol–water partition coefficient (Wildman–Crippen LogP) is 0.588. The number of hydrogen-bond donors (Lipinski definition) is 4. The average molecular weight is 232 g/mol. The monoisotopic (exact) mass is 232 g/mol. The average Bonchev–Trinajstić information content (AvgIpc) is 2.28. The van der Waals surface area contributed by atoms with Gasteiger partial charge in [-0.15, -0.1) is 0 Å². The van der Waals surface area contributed by atoms with E-state index in [4.69, 9.17) is 10.8 Å². The van der Waals surface area contributed by atoms with Gasteiger partial charge in [-0.25, -0.2) is 0 Å². The number of nitrogen functional groups attached to an aromatic ring is 1. The minimum Gasteiger partial charge on any atom is -0.392 e. The Kier molecular flexibility index (Phi) is 3.06. The zero-order valence-electron chi connectivity index (χ0n) is 8.97. The maximum atomic E-state index is 11.2. The molecule has 1 heterocycles. The third kappa shape index (κ3) is 2.82. The van der Waals surface area contributed by atoms with E-state index >= 15 is 0 Å². The molecular weight excluding hydrogens is 220 g/mol. The molecule has 6 nitrogen and oxygen atoms in total. The molecule has 0 spiro atoms. The van der Waals surface area contributed by atoms with Crippen molar-refractivity contribution in [1.82, 2.24) is 9.97 Å². The summed E-state index contributed by atoms with van der Waals surface area (Å²) in [6.45, 7) is -0.0412. The number of aliphatic hydroxyl groups excluding tert-OH is 1. The summed E-state index contributed by atoms with van der Waals surface area (Å²) in [5.41, 5.74) is 6.60. The highest BCUT2D eigenvalue weighted by atomic mass is 16.3. The van der Waals surface area contributed by atoms with Crippen LogP contribution in [0.4, 0.5) is 17.5 Å². The summed E-state index contributed by atoms with van der Waals surface area (Å²) in [7, 11) is 0. The van der Waals surface area contributed by atoms with Crippen LogP contribution in [0.25, 0.3) is 0 Å².